The van der Waals surface area contributed by atoms with Gasteiger partial charge in [-0.3, -0.25) is 9.59 Å². The van der Waals surface area contributed by atoms with E-state index in [1.54, 1.807) is 11.3 Å². The van der Waals surface area contributed by atoms with Gasteiger partial charge in [-0.25, -0.2) is 4.98 Å². The Kier molecular flexibility index (Phi) is 4.19. The van der Waals surface area contributed by atoms with Crippen molar-refractivity contribution in [1.82, 2.24) is 10.3 Å². The molecule has 0 aromatic carbocycles. The molecule has 0 aliphatic heterocycles. The van der Waals surface area contributed by atoms with Crippen LogP contribution >= 0.6 is 11.3 Å². The van der Waals surface area contributed by atoms with Crippen molar-refractivity contribution >= 4 is 23.2 Å². The number of amides is 1. The molecular formula is C13H18N2O3S. The van der Waals surface area contributed by atoms with E-state index in [9.17, 15) is 9.59 Å². The Morgan fingerprint density at radius 3 is 2.74 bits per heavy atom. The van der Waals surface area contributed by atoms with Gasteiger partial charge in [0.2, 0.25) is 5.91 Å². The summed E-state index contributed by atoms with van der Waals surface area (Å²) in [6, 6.07) is 0. The highest BCUT2D eigenvalue weighted by Crippen LogP contribution is 2.44. The third kappa shape index (κ3) is 3.12. The maximum Gasteiger partial charge on any atom is 0.310 e. The Labute approximate surface area is 116 Å². The second kappa shape index (κ2) is 5.69. The molecule has 1 aliphatic rings. The van der Waals surface area contributed by atoms with E-state index in [0.29, 0.717) is 19.4 Å². The van der Waals surface area contributed by atoms with Crippen LogP contribution in [0, 0.1) is 5.41 Å². The van der Waals surface area contributed by atoms with Crippen LogP contribution in [0.5, 0.6) is 0 Å². The minimum Gasteiger partial charge on any atom is -0.481 e. The number of carbonyl (C=O) groups excluding carboxylic acids is 1. The van der Waals surface area contributed by atoms with Crippen molar-refractivity contribution in [1.29, 1.82) is 0 Å². The van der Waals surface area contributed by atoms with Crippen LogP contribution in [-0.4, -0.2) is 22.0 Å². The zero-order chi connectivity index (χ0) is 13.9. The van der Waals surface area contributed by atoms with E-state index in [-0.39, 0.29) is 12.3 Å². The highest BCUT2D eigenvalue weighted by atomic mass is 32.1. The third-order valence-electron chi connectivity index (χ3n) is 3.63. The molecule has 2 rings (SSSR count). The maximum atomic E-state index is 11.8. The van der Waals surface area contributed by atoms with Gasteiger partial charge in [-0.15, -0.1) is 11.3 Å². The summed E-state index contributed by atoms with van der Waals surface area (Å²) in [7, 11) is 0. The Balaban J connectivity index is 1.83. The molecule has 104 valence electrons. The van der Waals surface area contributed by atoms with Crippen molar-refractivity contribution in [3.8, 4) is 0 Å². The fourth-order valence-electron chi connectivity index (χ4n) is 2.22. The minimum atomic E-state index is -0.851. The average Bonchev–Trinajstić information content (AvgIpc) is 2.78. The summed E-state index contributed by atoms with van der Waals surface area (Å²) in [6.07, 6.45) is 3.07. The number of rotatable bonds is 6. The number of carboxylic acid groups (broad SMARTS) is 1. The lowest BCUT2D eigenvalue weighted by molar-refractivity contribution is -0.157. The standard InChI is InChI=1S/C13H18N2O3S/c1-2-11-15-9(8-19-11)7-14-10(16)6-13(12(17)18)4-3-5-13/h8H,2-7H2,1H3,(H,14,16)(H,17,18). The molecule has 1 amide bonds. The first-order valence-electron chi connectivity index (χ1n) is 6.49. The molecule has 0 unspecified atom stereocenters. The van der Waals surface area contributed by atoms with Gasteiger partial charge in [0.1, 0.15) is 0 Å². The van der Waals surface area contributed by atoms with Crippen LogP contribution < -0.4 is 5.32 Å². The molecule has 1 aliphatic carbocycles. The molecule has 19 heavy (non-hydrogen) atoms. The summed E-state index contributed by atoms with van der Waals surface area (Å²) in [5.41, 5.74) is 0.0222. The maximum absolute atomic E-state index is 11.8. The van der Waals surface area contributed by atoms with Crippen molar-refractivity contribution in [3.05, 3.63) is 16.1 Å². The van der Waals surface area contributed by atoms with Gasteiger partial charge < -0.3 is 10.4 Å². The smallest absolute Gasteiger partial charge is 0.310 e. The summed E-state index contributed by atoms with van der Waals surface area (Å²) < 4.78 is 0. The molecule has 0 radical (unpaired) electrons. The van der Waals surface area contributed by atoms with Crippen LogP contribution in [0.3, 0.4) is 0 Å². The molecule has 1 heterocycles. The van der Waals surface area contributed by atoms with E-state index >= 15 is 0 Å². The van der Waals surface area contributed by atoms with Crippen LogP contribution in [0.4, 0.5) is 0 Å². The monoisotopic (exact) mass is 282 g/mol. The Morgan fingerprint density at radius 1 is 1.53 bits per heavy atom. The summed E-state index contributed by atoms with van der Waals surface area (Å²) in [6.45, 7) is 2.42. The SMILES string of the molecule is CCc1nc(CNC(=O)CC2(C(=O)O)CCC2)cs1. The number of carbonyl (C=O) groups is 2. The first-order chi connectivity index (χ1) is 9.05. The zero-order valence-electron chi connectivity index (χ0n) is 10.9. The lowest BCUT2D eigenvalue weighted by Gasteiger charge is -2.36. The number of carboxylic acids is 1. The molecule has 0 saturated heterocycles. The van der Waals surface area contributed by atoms with Gasteiger partial charge in [-0.05, 0) is 19.3 Å². The van der Waals surface area contributed by atoms with Crippen LogP contribution in [0.1, 0.15) is 43.3 Å². The van der Waals surface area contributed by atoms with Gasteiger partial charge in [0.25, 0.3) is 0 Å². The molecule has 0 spiro atoms. The van der Waals surface area contributed by atoms with Gasteiger partial charge >= 0.3 is 5.97 Å². The zero-order valence-corrected chi connectivity index (χ0v) is 11.8. The summed E-state index contributed by atoms with van der Waals surface area (Å²) in [4.78, 5) is 27.3. The molecule has 1 aromatic heterocycles. The number of hydrogen-bond donors (Lipinski definition) is 2. The normalized spacial score (nSPS) is 16.7. The van der Waals surface area contributed by atoms with Crippen LogP contribution in [0.2, 0.25) is 0 Å². The van der Waals surface area contributed by atoms with Gasteiger partial charge in [0.15, 0.2) is 0 Å². The molecule has 0 atom stereocenters. The first-order valence-corrected chi connectivity index (χ1v) is 7.37. The van der Waals surface area contributed by atoms with Crippen molar-refractivity contribution in [2.45, 2.75) is 45.6 Å². The molecule has 1 saturated carbocycles. The largest absolute Gasteiger partial charge is 0.481 e. The Bertz CT molecular complexity index is 480. The first kappa shape index (κ1) is 14.0. The second-order valence-electron chi connectivity index (χ2n) is 4.98. The molecular weight excluding hydrogens is 264 g/mol. The third-order valence-corrected chi connectivity index (χ3v) is 4.67. The minimum absolute atomic E-state index is 0.0765. The van der Waals surface area contributed by atoms with E-state index in [2.05, 4.69) is 10.3 Å². The number of nitrogens with one attached hydrogen (secondary N) is 1. The summed E-state index contributed by atoms with van der Waals surface area (Å²) in [5, 5.41) is 14.9. The summed E-state index contributed by atoms with van der Waals surface area (Å²) >= 11 is 1.58. The second-order valence-corrected chi connectivity index (χ2v) is 5.92. The summed E-state index contributed by atoms with van der Waals surface area (Å²) in [5.74, 6) is -1.05. The lowest BCUT2D eigenvalue weighted by Crippen LogP contribution is -2.42. The van der Waals surface area contributed by atoms with Gasteiger partial charge in [0, 0.05) is 11.8 Å². The van der Waals surface area contributed by atoms with Gasteiger partial charge in [-0.1, -0.05) is 13.3 Å². The van der Waals surface area contributed by atoms with E-state index in [1.165, 1.54) is 0 Å². The van der Waals surface area contributed by atoms with E-state index < -0.39 is 11.4 Å². The lowest BCUT2D eigenvalue weighted by atomic mass is 9.66. The fourth-order valence-corrected chi connectivity index (χ4v) is 2.97. The molecule has 5 nitrogen and oxygen atoms in total. The molecule has 1 fully saturated rings. The predicted molar refractivity (Wildman–Crippen MR) is 71.9 cm³/mol. The van der Waals surface area contributed by atoms with Crippen LogP contribution in [-0.2, 0) is 22.6 Å². The van der Waals surface area contributed by atoms with Crippen molar-refractivity contribution in [2.24, 2.45) is 5.41 Å². The Morgan fingerprint density at radius 2 is 2.26 bits per heavy atom. The van der Waals surface area contributed by atoms with Crippen LogP contribution in [0.15, 0.2) is 5.38 Å². The highest BCUT2D eigenvalue weighted by molar-refractivity contribution is 7.09. The van der Waals surface area contributed by atoms with Crippen molar-refractivity contribution in [2.75, 3.05) is 0 Å². The molecule has 0 bridgehead atoms. The molecule has 1 aromatic rings. The predicted octanol–water partition coefficient (Wildman–Crippen LogP) is 1.97. The highest BCUT2D eigenvalue weighted by Gasteiger charge is 2.45. The topological polar surface area (TPSA) is 79.3 Å². The van der Waals surface area contributed by atoms with Crippen molar-refractivity contribution in [3.63, 3.8) is 0 Å². The van der Waals surface area contributed by atoms with Crippen LogP contribution in [0.25, 0.3) is 0 Å². The Hall–Kier alpha value is -1.43. The van der Waals surface area contributed by atoms with Gasteiger partial charge in [-0.2, -0.15) is 0 Å². The van der Waals surface area contributed by atoms with E-state index in [0.717, 1.165) is 23.5 Å². The number of hydrogen-bond acceptors (Lipinski definition) is 4. The fraction of sp³-hybridized carbons (Fsp3) is 0.615. The quantitative estimate of drug-likeness (QED) is 0.836. The molecule has 2 N–H and O–H groups in total. The number of aromatic nitrogens is 1. The van der Waals surface area contributed by atoms with E-state index in [1.807, 2.05) is 12.3 Å². The number of thiazole rings is 1. The number of nitrogens with zero attached hydrogens (tertiary/aromatic N) is 1. The average molecular weight is 282 g/mol. The molecule has 6 heteroatoms. The van der Waals surface area contributed by atoms with E-state index in [4.69, 9.17) is 5.11 Å². The number of aryl methyl sites for hydroxylation is 1. The van der Waals surface area contributed by atoms with Gasteiger partial charge in [0.05, 0.1) is 22.7 Å². The van der Waals surface area contributed by atoms with Crippen molar-refractivity contribution < 1.29 is 14.7 Å². The number of aliphatic carboxylic acids is 1.